The molecule has 5 rings (SSSR count). The molecule has 31 heavy (non-hydrogen) atoms. The molecule has 9 nitrogen and oxygen atoms in total. The third-order valence-corrected chi connectivity index (χ3v) is 5.98. The minimum absolute atomic E-state index is 0.0756. The summed E-state index contributed by atoms with van der Waals surface area (Å²) in [6.07, 6.45) is 0. The molecule has 2 saturated heterocycles. The Hall–Kier alpha value is -2.88. The normalized spacial score (nSPS) is 16.8. The van der Waals surface area contributed by atoms with Gasteiger partial charge in [0.2, 0.25) is 5.88 Å². The fourth-order valence-corrected chi connectivity index (χ4v) is 4.08. The summed E-state index contributed by atoms with van der Waals surface area (Å²) in [7, 11) is 1.71. The van der Waals surface area contributed by atoms with Crippen LogP contribution >= 0.6 is 11.6 Å². The van der Waals surface area contributed by atoms with Gasteiger partial charge in [0, 0.05) is 36.8 Å². The van der Waals surface area contributed by atoms with Crippen LogP contribution in [0.5, 0.6) is 5.88 Å². The Labute approximate surface area is 183 Å². The Kier molecular flexibility index (Phi) is 4.96. The van der Waals surface area contributed by atoms with Crippen molar-refractivity contribution in [1.82, 2.24) is 19.8 Å². The average Bonchev–Trinajstić information content (AvgIpc) is 3.27. The van der Waals surface area contributed by atoms with Crippen LogP contribution in [0.2, 0.25) is 5.02 Å². The van der Waals surface area contributed by atoms with Crippen LogP contribution in [0.4, 0.5) is 0 Å². The standard InChI is InChI=1S/C21H21ClN4O5/c1-25-16(20(28)26-9-21(10-26)11-29-12-21)6-18(23-25)30-8-15-17(7-27)31-24-19(15)13-2-4-14(22)5-3-13/h2-6,27H,7-12H2,1H3. The number of carbonyl (C=O) groups excluding carboxylic acids is 1. The second-order valence-corrected chi connectivity index (χ2v) is 8.47. The van der Waals surface area contributed by atoms with Crippen molar-refractivity contribution in [3.8, 4) is 17.1 Å². The number of aromatic nitrogens is 3. The molecule has 2 aliphatic rings. The number of ether oxygens (including phenoxy) is 2. The fraction of sp³-hybridized carbons (Fsp3) is 0.381. The number of aryl methyl sites for hydroxylation is 1. The van der Waals surface area contributed by atoms with Gasteiger partial charge in [0.15, 0.2) is 5.76 Å². The van der Waals surface area contributed by atoms with E-state index in [0.29, 0.717) is 46.7 Å². The van der Waals surface area contributed by atoms with E-state index >= 15 is 0 Å². The van der Waals surface area contributed by atoms with Crippen molar-refractivity contribution in [1.29, 1.82) is 0 Å². The molecule has 0 radical (unpaired) electrons. The number of likely N-dealkylation sites (tertiary alicyclic amines) is 1. The number of rotatable bonds is 6. The number of nitrogens with zero attached hydrogens (tertiary/aromatic N) is 4. The maximum atomic E-state index is 12.8. The molecule has 4 heterocycles. The van der Waals surface area contributed by atoms with E-state index in [4.69, 9.17) is 25.6 Å². The van der Waals surface area contributed by atoms with Crippen molar-refractivity contribution >= 4 is 17.5 Å². The van der Waals surface area contributed by atoms with Crippen LogP contribution in [0, 0.1) is 5.41 Å². The van der Waals surface area contributed by atoms with Crippen molar-refractivity contribution in [2.75, 3.05) is 26.3 Å². The summed E-state index contributed by atoms with van der Waals surface area (Å²) in [5, 5.41) is 18.6. The van der Waals surface area contributed by atoms with E-state index in [2.05, 4.69) is 10.3 Å². The summed E-state index contributed by atoms with van der Waals surface area (Å²) in [5.41, 5.74) is 2.56. The predicted octanol–water partition coefficient (Wildman–Crippen LogP) is 2.27. The molecule has 162 valence electrons. The van der Waals surface area contributed by atoms with Crippen molar-refractivity contribution < 1.29 is 23.9 Å². The van der Waals surface area contributed by atoms with Gasteiger partial charge in [-0.25, -0.2) is 0 Å². The first-order valence-electron chi connectivity index (χ1n) is 9.86. The quantitative estimate of drug-likeness (QED) is 0.622. The first kappa shape index (κ1) is 20.0. The van der Waals surface area contributed by atoms with Gasteiger partial charge in [-0.2, -0.15) is 0 Å². The SMILES string of the molecule is Cn1nc(OCc2c(-c3ccc(Cl)cc3)noc2CO)cc1C(=O)N1CC2(COC2)C1. The van der Waals surface area contributed by atoms with Crippen LogP contribution in [0.3, 0.4) is 0 Å². The van der Waals surface area contributed by atoms with Crippen LogP contribution < -0.4 is 4.74 Å². The van der Waals surface area contributed by atoms with Crippen LogP contribution in [0.15, 0.2) is 34.9 Å². The number of halogens is 1. The summed E-state index contributed by atoms with van der Waals surface area (Å²) in [6, 6.07) is 8.76. The number of aliphatic hydroxyl groups is 1. The number of benzene rings is 1. The van der Waals surface area contributed by atoms with Crippen molar-refractivity contribution in [2.45, 2.75) is 13.2 Å². The van der Waals surface area contributed by atoms with Crippen molar-refractivity contribution in [2.24, 2.45) is 12.5 Å². The Balaban J connectivity index is 1.30. The molecule has 3 aromatic rings. The molecule has 1 aromatic carbocycles. The van der Waals surface area contributed by atoms with Gasteiger partial charge in [-0.15, -0.1) is 5.10 Å². The highest BCUT2D eigenvalue weighted by Gasteiger charge is 2.51. The molecular weight excluding hydrogens is 424 g/mol. The monoisotopic (exact) mass is 444 g/mol. The zero-order valence-corrected chi connectivity index (χ0v) is 17.6. The first-order valence-corrected chi connectivity index (χ1v) is 10.2. The summed E-state index contributed by atoms with van der Waals surface area (Å²) in [4.78, 5) is 14.6. The lowest BCUT2D eigenvalue weighted by Crippen LogP contribution is -2.67. The third-order valence-electron chi connectivity index (χ3n) is 5.73. The summed E-state index contributed by atoms with van der Waals surface area (Å²) in [5.74, 6) is 0.538. The second kappa shape index (κ2) is 7.67. The van der Waals surface area contributed by atoms with E-state index in [1.807, 2.05) is 12.1 Å². The van der Waals surface area contributed by atoms with Gasteiger partial charge in [-0.3, -0.25) is 9.48 Å². The van der Waals surface area contributed by atoms with Gasteiger partial charge >= 0.3 is 0 Å². The zero-order chi connectivity index (χ0) is 21.6. The van der Waals surface area contributed by atoms with Crippen LogP contribution in [-0.2, 0) is 25.0 Å². The summed E-state index contributed by atoms with van der Waals surface area (Å²) in [6.45, 7) is 2.62. The highest BCUT2D eigenvalue weighted by molar-refractivity contribution is 6.30. The third kappa shape index (κ3) is 3.58. The van der Waals surface area contributed by atoms with E-state index in [1.165, 1.54) is 4.68 Å². The van der Waals surface area contributed by atoms with Crippen LogP contribution in [-0.4, -0.2) is 57.2 Å². The maximum absolute atomic E-state index is 12.8. The average molecular weight is 445 g/mol. The minimum Gasteiger partial charge on any atom is -0.471 e. The Morgan fingerprint density at radius 3 is 2.68 bits per heavy atom. The molecule has 0 atom stereocenters. The highest BCUT2D eigenvalue weighted by Crippen LogP contribution is 2.38. The number of hydrogen-bond donors (Lipinski definition) is 1. The van der Waals surface area contributed by atoms with E-state index in [9.17, 15) is 9.90 Å². The maximum Gasteiger partial charge on any atom is 0.272 e. The van der Waals surface area contributed by atoms with E-state index in [0.717, 1.165) is 18.8 Å². The van der Waals surface area contributed by atoms with Crippen molar-refractivity contribution in [3.63, 3.8) is 0 Å². The van der Waals surface area contributed by atoms with Gasteiger partial charge in [0.05, 0.1) is 24.2 Å². The fourth-order valence-electron chi connectivity index (χ4n) is 3.95. The molecule has 0 saturated carbocycles. The summed E-state index contributed by atoms with van der Waals surface area (Å²) < 4.78 is 17.9. The lowest BCUT2D eigenvalue weighted by molar-refractivity contribution is -0.176. The number of carbonyl (C=O) groups is 1. The predicted molar refractivity (Wildman–Crippen MR) is 110 cm³/mol. The Morgan fingerprint density at radius 1 is 1.29 bits per heavy atom. The molecule has 2 aliphatic heterocycles. The van der Waals surface area contributed by atoms with Crippen LogP contribution in [0.25, 0.3) is 11.3 Å². The minimum atomic E-state index is -0.314. The first-order chi connectivity index (χ1) is 15.0. The largest absolute Gasteiger partial charge is 0.471 e. The van der Waals surface area contributed by atoms with Crippen molar-refractivity contribution in [3.05, 3.63) is 52.4 Å². The summed E-state index contributed by atoms with van der Waals surface area (Å²) >= 11 is 5.96. The lowest BCUT2D eigenvalue weighted by Gasteiger charge is -2.54. The lowest BCUT2D eigenvalue weighted by atomic mass is 9.78. The van der Waals surface area contributed by atoms with Gasteiger partial charge in [-0.1, -0.05) is 28.9 Å². The molecule has 10 heteroatoms. The smallest absolute Gasteiger partial charge is 0.272 e. The van der Waals surface area contributed by atoms with Gasteiger partial charge < -0.3 is 24.0 Å². The number of amides is 1. The zero-order valence-electron chi connectivity index (χ0n) is 16.9. The molecule has 2 aromatic heterocycles. The van der Waals surface area contributed by atoms with Gasteiger partial charge in [-0.05, 0) is 12.1 Å². The topological polar surface area (TPSA) is 103 Å². The molecule has 0 unspecified atom stereocenters. The van der Waals surface area contributed by atoms with E-state index in [-0.39, 0.29) is 24.5 Å². The molecule has 2 fully saturated rings. The molecule has 0 bridgehead atoms. The highest BCUT2D eigenvalue weighted by atomic mass is 35.5. The second-order valence-electron chi connectivity index (χ2n) is 8.03. The van der Waals surface area contributed by atoms with Crippen LogP contribution in [0.1, 0.15) is 21.8 Å². The van der Waals surface area contributed by atoms with E-state index in [1.54, 1.807) is 30.1 Å². The van der Waals surface area contributed by atoms with E-state index < -0.39 is 0 Å². The molecule has 1 spiro atoms. The van der Waals surface area contributed by atoms with Gasteiger partial charge in [0.25, 0.3) is 5.91 Å². The van der Waals surface area contributed by atoms with Gasteiger partial charge in [0.1, 0.15) is 24.6 Å². The molecule has 1 N–H and O–H groups in total. The molecule has 1 amide bonds. The molecule has 0 aliphatic carbocycles. The molecular formula is C21H21ClN4O5. The Morgan fingerprint density at radius 2 is 2.03 bits per heavy atom. The Bertz CT molecular complexity index is 1110. The number of hydrogen-bond acceptors (Lipinski definition) is 7. The number of aliphatic hydroxyl groups excluding tert-OH is 1.